The number of thiazole rings is 1. The van der Waals surface area contributed by atoms with Crippen LogP contribution in [0.4, 0.5) is 9.93 Å². The van der Waals surface area contributed by atoms with E-state index in [-0.39, 0.29) is 17.6 Å². The van der Waals surface area contributed by atoms with Gasteiger partial charge in [-0.05, 0) is 57.8 Å². The van der Waals surface area contributed by atoms with Crippen molar-refractivity contribution in [2.75, 3.05) is 31.8 Å². The highest BCUT2D eigenvalue weighted by Gasteiger charge is 2.30. The van der Waals surface area contributed by atoms with E-state index in [2.05, 4.69) is 21.7 Å². The number of allylic oxidation sites excluding steroid dienone is 1. The Morgan fingerprint density at radius 2 is 2.17 bits per heavy atom. The van der Waals surface area contributed by atoms with Gasteiger partial charge in [-0.3, -0.25) is 9.80 Å². The van der Waals surface area contributed by atoms with Crippen molar-refractivity contribution in [3.63, 3.8) is 0 Å². The molecule has 160 valence electrons. The van der Waals surface area contributed by atoms with Crippen LogP contribution in [0.2, 0.25) is 0 Å². The molecule has 1 atom stereocenters. The van der Waals surface area contributed by atoms with Gasteiger partial charge in [0, 0.05) is 12.7 Å². The number of fused-ring (bicyclic) bond motifs is 1. The fourth-order valence-electron chi connectivity index (χ4n) is 3.11. The number of aliphatic imine (C=N–C) groups is 2. The van der Waals surface area contributed by atoms with Gasteiger partial charge in [-0.25, -0.2) is 19.8 Å². The number of amidine groups is 1. The molecule has 0 spiro atoms. The molecule has 1 fully saturated rings. The zero-order valence-corrected chi connectivity index (χ0v) is 18.3. The number of benzene rings is 1. The number of aliphatic hydroxyl groups excluding tert-OH is 1. The quantitative estimate of drug-likeness (QED) is 0.561. The van der Waals surface area contributed by atoms with Gasteiger partial charge in [-0.1, -0.05) is 11.3 Å². The van der Waals surface area contributed by atoms with Crippen molar-refractivity contribution in [2.24, 2.45) is 9.98 Å². The fourth-order valence-corrected chi connectivity index (χ4v) is 4.06. The van der Waals surface area contributed by atoms with E-state index < -0.39 is 6.10 Å². The smallest absolute Gasteiger partial charge is 0.328 e. The van der Waals surface area contributed by atoms with Crippen molar-refractivity contribution < 1.29 is 15.0 Å². The highest BCUT2D eigenvalue weighted by Crippen LogP contribution is 2.38. The summed E-state index contributed by atoms with van der Waals surface area (Å²) in [5.74, 6) is 0.300. The Balaban J connectivity index is 1.97. The molecule has 1 aromatic heterocycles. The van der Waals surface area contributed by atoms with Crippen LogP contribution in [0.15, 0.2) is 28.3 Å². The van der Waals surface area contributed by atoms with E-state index in [1.54, 1.807) is 29.0 Å². The minimum Gasteiger partial charge on any atom is -0.506 e. The van der Waals surface area contributed by atoms with Gasteiger partial charge in [-0.2, -0.15) is 0 Å². The SMILES string of the molecule is C=NC(=N/C=C(\C)c1cc(O)c2sc(N3CN(C)CN(CC)C3=O)nc2c1)C(C)O. The van der Waals surface area contributed by atoms with Crippen molar-refractivity contribution in [1.29, 1.82) is 0 Å². The average Bonchev–Trinajstić information content (AvgIpc) is 3.14. The summed E-state index contributed by atoms with van der Waals surface area (Å²) in [5.41, 5.74) is 2.09. The van der Waals surface area contributed by atoms with Crippen LogP contribution in [0.25, 0.3) is 15.8 Å². The maximum Gasteiger partial charge on any atom is 0.328 e. The lowest BCUT2D eigenvalue weighted by Crippen LogP contribution is -2.56. The molecule has 0 radical (unpaired) electrons. The Morgan fingerprint density at radius 3 is 2.80 bits per heavy atom. The van der Waals surface area contributed by atoms with Crippen LogP contribution in [0.5, 0.6) is 5.75 Å². The van der Waals surface area contributed by atoms with Gasteiger partial charge in [0.1, 0.15) is 11.9 Å². The number of urea groups is 1. The number of anilines is 1. The van der Waals surface area contributed by atoms with Crippen LogP contribution < -0.4 is 4.90 Å². The van der Waals surface area contributed by atoms with Gasteiger partial charge in [0.15, 0.2) is 11.0 Å². The lowest BCUT2D eigenvalue weighted by Gasteiger charge is -2.38. The maximum absolute atomic E-state index is 12.7. The summed E-state index contributed by atoms with van der Waals surface area (Å²) in [5, 5.41) is 20.7. The summed E-state index contributed by atoms with van der Waals surface area (Å²) in [6, 6.07) is 3.38. The van der Waals surface area contributed by atoms with Crippen LogP contribution >= 0.6 is 11.3 Å². The molecule has 0 aliphatic carbocycles. The topological polar surface area (TPSA) is 105 Å². The number of phenolic OH excluding ortho intramolecular Hbond substituents is 1. The lowest BCUT2D eigenvalue weighted by molar-refractivity contribution is 0.136. The molecular weight excluding hydrogens is 404 g/mol. The predicted octanol–water partition coefficient (Wildman–Crippen LogP) is 2.95. The first-order valence-electron chi connectivity index (χ1n) is 9.53. The first kappa shape index (κ1) is 21.9. The lowest BCUT2D eigenvalue weighted by atomic mass is 10.1. The number of hydrogen-bond donors (Lipinski definition) is 2. The molecular formula is C20H26N6O3S. The highest BCUT2D eigenvalue weighted by molar-refractivity contribution is 7.22. The van der Waals surface area contributed by atoms with Gasteiger partial charge < -0.3 is 15.1 Å². The van der Waals surface area contributed by atoms with Gasteiger partial charge in [0.05, 0.1) is 23.6 Å². The Bertz CT molecular complexity index is 1030. The van der Waals surface area contributed by atoms with Crippen molar-refractivity contribution in [1.82, 2.24) is 14.8 Å². The number of amides is 2. The first-order chi connectivity index (χ1) is 14.2. The van der Waals surface area contributed by atoms with Gasteiger partial charge in [0.2, 0.25) is 0 Å². The molecule has 1 aromatic carbocycles. The van der Waals surface area contributed by atoms with Gasteiger partial charge in [0.25, 0.3) is 0 Å². The summed E-state index contributed by atoms with van der Waals surface area (Å²) in [6.45, 7) is 10.4. The molecule has 1 unspecified atom stereocenters. The second-order valence-electron chi connectivity index (χ2n) is 7.18. The predicted molar refractivity (Wildman–Crippen MR) is 121 cm³/mol. The number of hydrogen-bond acceptors (Lipinski definition) is 7. The minimum atomic E-state index is -0.827. The van der Waals surface area contributed by atoms with E-state index in [0.717, 1.165) is 11.1 Å². The van der Waals surface area contributed by atoms with Crippen LogP contribution in [0, 0.1) is 0 Å². The Kier molecular flexibility index (Phi) is 6.49. The molecule has 2 N–H and O–H groups in total. The molecule has 0 saturated carbocycles. The average molecular weight is 431 g/mol. The second kappa shape index (κ2) is 8.90. The molecule has 1 aliphatic heterocycles. The molecule has 1 aliphatic rings. The van der Waals surface area contributed by atoms with Gasteiger partial charge >= 0.3 is 6.03 Å². The Labute approximate surface area is 179 Å². The first-order valence-corrected chi connectivity index (χ1v) is 10.3. The fraction of sp³-hybridized carbons (Fsp3) is 0.400. The number of aromatic hydroxyl groups is 1. The summed E-state index contributed by atoms with van der Waals surface area (Å²) >= 11 is 1.28. The number of aromatic nitrogens is 1. The molecule has 9 nitrogen and oxygen atoms in total. The molecule has 2 heterocycles. The second-order valence-corrected chi connectivity index (χ2v) is 8.16. The third-order valence-corrected chi connectivity index (χ3v) is 5.87. The van der Waals surface area contributed by atoms with Gasteiger partial charge in [-0.15, -0.1) is 0 Å². The molecule has 3 rings (SSSR count). The number of carbonyl (C=O) groups excluding carboxylic acids is 1. The summed E-state index contributed by atoms with van der Waals surface area (Å²) in [4.78, 5) is 30.6. The molecule has 2 amide bonds. The normalized spacial score (nSPS) is 17.7. The summed E-state index contributed by atoms with van der Waals surface area (Å²) < 4.78 is 0.617. The molecule has 0 bridgehead atoms. The largest absolute Gasteiger partial charge is 0.506 e. The van der Waals surface area contributed by atoms with E-state index in [9.17, 15) is 15.0 Å². The molecule has 1 saturated heterocycles. The molecule has 10 heteroatoms. The van der Waals surface area contributed by atoms with E-state index in [4.69, 9.17) is 0 Å². The summed E-state index contributed by atoms with van der Waals surface area (Å²) in [7, 11) is 1.94. The van der Waals surface area contributed by atoms with E-state index >= 15 is 0 Å². The molecule has 30 heavy (non-hydrogen) atoms. The summed E-state index contributed by atoms with van der Waals surface area (Å²) in [6.07, 6.45) is 0.735. The van der Waals surface area contributed by atoms with Crippen molar-refractivity contribution in [2.45, 2.75) is 26.9 Å². The third-order valence-electron chi connectivity index (χ3n) is 4.75. The monoisotopic (exact) mass is 430 g/mol. The minimum absolute atomic E-state index is 0.0886. The van der Waals surface area contributed by atoms with E-state index in [1.807, 2.05) is 31.9 Å². The Hall–Kier alpha value is -2.82. The zero-order valence-electron chi connectivity index (χ0n) is 17.5. The third kappa shape index (κ3) is 4.35. The highest BCUT2D eigenvalue weighted by atomic mass is 32.1. The number of phenols is 1. The number of nitrogens with zero attached hydrogens (tertiary/aromatic N) is 6. The van der Waals surface area contributed by atoms with Crippen LogP contribution in [0.1, 0.15) is 26.3 Å². The number of carbonyl (C=O) groups is 1. The van der Waals surface area contributed by atoms with Crippen LogP contribution in [-0.2, 0) is 0 Å². The van der Waals surface area contributed by atoms with E-state index in [1.165, 1.54) is 11.3 Å². The maximum atomic E-state index is 12.7. The van der Waals surface area contributed by atoms with Crippen molar-refractivity contribution in [3.8, 4) is 5.75 Å². The Morgan fingerprint density at radius 1 is 1.43 bits per heavy atom. The van der Waals surface area contributed by atoms with Crippen LogP contribution in [0.3, 0.4) is 0 Å². The van der Waals surface area contributed by atoms with E-state index in [0.29, 0.717) is 35.2 Å². The van der Waals surface area contributed by atoms with Crippen molar-refractivity contribution >= 4 is 50.8 Å². The van der Waals surface area contributed by atoms with Crippen LogP contribution in [-0.4, -0.2) is 76.6 Å². The standard InChI is InChI=1S/C20H26N6O3S/c1-6-25-10-24(5)11-26(20(25)29)19-23-15-7-14(8-16(28)17(15)30-19)12(2)9-22-18(21-4)13(3)27/h7-9,13,27-28H,4,6,10-11H2,1-3,5H3/b12-9+,22-18?. The molecule has 2 aromatic rings. The number of rotatable bonds is 5. The number of aliphatic hydroxyl groups is 1. The zero-order chi connectivity index (χ0) is 22.0. The van der Waals surface area contributed by atoms with Crippen molar-refractivity contribution in [3.05, 3.63) is 23.9 Å².